The maximum atomic E-state index is 12.2. The number of hydrogen-bond acceptors (Lipinski definition) is 4. The lowest BCUT2D eigenvalue weighted by Gasteiger charge is -2.05. The lowest BCUT2D eigenvalue weighted by molar-refractivity contribution is -0.113. The van der Waals surface area contributed by atoms with E-state index >= 15 is 0 Å². The van der Waals surface area contributed by atoms with E-state index in [0.29, 0.717) is 22.2 Å². The summed E-state index contributed by atoms with van der Waals surface area (Å²) >= 11 is 15.4. The van der Waals surface area contributed by atoms with Crippen LogP contribution in [-0.4, -0.2) is 16.6 Å². The van der Waals surface area contributed by atoms with Crippen LogP contribution in [0.1, 0.15) is 21.7 Å². The normalized spacial score (nSPS) is 10.8. The van der Waals surface area contributed by atoms with E-state index < -0.39 is 0 Å². The minimum atomic E-state index is -0.0436. The van der Waals surface area contributed by atoms with Crippen LogP contribution >= 0.6 is 46.3 Å². The number of aryl methyl sites for hydroxylation is 2. The Bertz CT molecular complexity index is 972. The zero-order valence-electron chi connectivity index (χ0n) is 14.9. The molecule has 0 aliphatic rings. The quantitative estimate of drug-likeness (QED) is 0.455. The number of benzene rings is 2. The van der Waals surface area contributed by atoms with Crippen molar-refractivity contribution in [1.29, 1.82) is 0 Å². The number of nitrogens with one attached hydrogen (secondary N) is 1. The zero-order valence-corrected chi connectivity index (χ0v) is 18.0. The largest absolute Gasteiger partial charge is 0.325 e. The van der Waals surface area contributed by atoms with Crippen LogP contribution in [0.25, 0.3) is 0 Å². The molecular formula is C20H18Cl2N2OS2. The molecule has 1 amide bonds. The highest BCUT2D eigenvalue weighted by atomic mass is 35.5. The second-order valence-corrected chi connectivity index (χ2v) is 9.26. The van der Waals surface area contributed by atoms with Crippen LogP contribution in [0, 0.1) is 13.8 Å². The molecule has 140 valence electrons. The van der Waals surface area contributed by atoms with Gasteiger partial charge in [0.1, 0.15) is 0 Å². The molecule has 7 heteroatoms. The topological polar surface area (TPSA) is 42.0 Å². The predicted octanol–water partition coefficient (Wildman–Crippen LogP) is 6.39. The molecule has 0 spiro atoms. The Labute approximate surface area is 177 Å². The van der Waals surface area contributed by atoms with Crippen LogP contribution in [0.2, 0.25) is 10.0 Å². The van der Waals surface area contributed by atoms with Gasteiger partial charge in [0.25, 0.3) is 0 Å². The zero-order chi connectivity index (χ0) is 19.4. The van der Waals surface area contributed by atoms with Gasteiger partial charge in [-0.3, -0.25) is 4.79 Å². The summed E-state index contributed by atoms with van der Waals surface area (Å²) in [5.41, 5.74) is 3.86. The van der Waals surface area contributed by atoms with Crippen molar-refractivity contribution in [3.8, 4) is 0 Å². The first-order chi connectivity index (χ1) is 12.9. The molecule has 1 aromatic heterocycles. The minimum absolute atomic E-state index is 0.0436. The highest BCUT2D eigenvalue weighted by Crippen LogP contribution is 2.31. The Hall–Kier alpha value is -1.53. The average Bonchev–Trinajstić information content (AvgIpc) is 2.96. The first-order valence-electron chi connectivity index (χ1n) is 8.30. The Kier molecular flexibility index (Phi) is 6.82. The molecule has 3 rings (SSSR count). The van der Waals surface area contributed by atoms with Crippen LogP contribution in [0.4, 0.5) is 5.69 Å². The van der Waals surface area contributed by atoms with Crippen LogP contribution in [-0.2, 0) is 11.2 Å². The van der Waals surface area contributed by atoms with Crippen LogP contribution in [0.15, 0.2) is 46.8 Å². The summed E-state index contributed by atoms with van der Waals surface area (Å²) in [6.45, 7) is 3.97. The average molecular weight is 437 g/mol. The molecule has 0 unspecified atom stereocenters. The summed E-state index contributed by atoms with van der Waals surface area (Å²) in [4.78, 5) is 17.9. The molecule has 0 radical (unpaired) electrons. The number of thioether (sulfide) groups is 1. The van der Waals surface area contributed by atoms with Gasteiger partial charge in [0.15, 0.2) is 4.34 Å². The Morgan fingerprint density at radius 1 is 1.19 bits per heavy atom. The molecule has 0 saturated carbocycles. The smallest absolute Gasteiger partial charge is 0.234 e. The third-order valence-corrected chi connectivity index (χ3v) is 6.76. The maximum Gasteiger partial charge on any atom is 0.234 e. The van der Waals surface area contributed by atoms with Crippen molar-refractivity contribution in [1.82, 2.24) is 4.98 Å². The molecule has 0 aliphatic heterocycles. The molecule has 0 saturated heterocycles. The second-order valence-electron chi connectivity index (χ2n) is 6.11. The number of carbonyl (C=O) groups is 1. The fourth-order valence-corrected chi connectivity index (χ4v) is 4.96. The Morgan fingerprint density at radius 2 is 2.00 bits per heavy atom. The third kappa shape index (κ3) is 5.72. The van der Waals surface area contributed by atoms with Gasteiger partial charge < -0.3 is 5.32 Å². The van der Waals surface area contributed by atoms with Crippen molar-refractivity contribution in [2.24, 2.45) is 0 Å². The molecule has 1 heterocycles. The molecule has 0 bridgehead atoms. The van der Waals surface area contributed by atoms with Crippen molar-refractivity contribution < 1.29 is 4.79 Å². The van der Waals surface area contributed by atoms with Gasteiger partial charge in [0.2, 0.25) is 5.91 Å². The van der Waals surface area contributed by atoms with E-state index in [1.54, 1.807) is 23.5 Å². The molecule has 3 nitrogen and oxygen atoms in total. The van der Waals surface area contributed by atoms with E-state index in [4.69, 9.17) is 23.2 Å². The Morgan fingerprint density at radius 3 is 2.78 bits per heavy atom. The highest BCUT2D eigenvalue weighted by Gasteiger charge is 2.13. The van der Waals surface area contributed by atoms with Gasteiger partial charge in [-0.05, 0) is 55.3 Å². The number of halogens is 2. The van der Waals surface area contributed by atoms with E-state index in [9.17, 15) is 4.79 Å². The molecule has 2 aromatic carbocycles. The van der Waals surface area contributed by atoms with Crippen LogP contribution in [0.3, 0.4) is 0 Å². The van der Waals surface area contributed by atoms with E-state index in [1.165, 1.54) is 11.8 Å². The lowest BCUT2D eigenvalue weighted by Crippen LogP contribution is -2.13. The first kappa shape index (κ1) is 20.2. The molecule has 3 aromatic rings. The second kappa shape index (κ2) is 9.11. The van der Waals surface area contributed by atoms with Crippen molar-refractivity contribution in [2.45, 2.75) is 24.6 Å². The molecule has 27 heavy (non-hydrogen) atoms. The summed E-state index contributed by atoms with van der Waals surface area (Å²) in [6, 6.07) is 13.2. The molecule has 0 aliphatic carbocycles. The van der Waals surface area contributed by atoms with Gasteiger partial charge in [-0.1, -0.05) is 47.1 Å². The van der Waals surface area contributed by atoms with Crippen molar-refractivity contribution in [2.75, 3.05) is 11.1 Å². The summed E-state index contributed by atoms with van der Waals surface area (Å²) in [5, 5.41) is 4.27. The summed E-state index contributed by atoms with van der Waals surface area (Å²) in [7, 11) is 0. The summed E-state index contributed by atoms with van der Waals surface area (Å²) in [5.74, 6) is 0.274. The fourth-order valence-electron chi connectivity index (χ4n) is 2.53. The molecular weight excluding hydrogens is 419 g/mol. The summed E-state index contributed by atoms with van der Waals surface area (Å²) < 4.78 is 0.875. The highest BCUT2D eigenvalue weighted by molar-refractivity contribution is 8.01. The lowest BCUT2D eigenvalue weighted by atomic mass is 10.1. The van der Waals surface area contributed by atoms with Crippen molar-refractivity contribution in [3.63, 3.8) is 0 Å². The SMILES string of the molecule is Cc1cccc(NC(=O)CSc2nc(C)c(Cc3cc(Cl)ccc3Cl)s2)c1. The van der Waals surface area contributed by atoms with Crippen molar-refractivity contribution in [3.05, 3.63) is 74.2 Å². The number of rotatable bonds is 6. The predicted molar refractivity (Wildman–Crippen MR) is 117 cm³/mol. The van der Waals surface area contributed by atoms with Gasteiger partial charge >= 0.3 is 0 Å². The van der Waals surface area contributed by atoms with Crippen molar-refractivity contribution >= 4 is 57.9 Å². The van der Waals surface area contributed by atoms with Gasteiger partial charge in [0, 0.05) is 27.0 Å². The number of amides is 1. The third-order valence-electron chi connectivity index (χ3n) is 3.86. The first-order valence-corrected chi connectivity index (χ1v) is 10.9. The van der Waals surface area contributed by atoms with E-state index in [0.717, 1.165) is 31.7 Å². The van der Waals surface area contributed by atoms with Gasteiger partial charge in [-0.25, -0.2) is 4.98 Å². The molecule has 1 N–H and O–H groups in total. The van der Waals surface area contributed by atoms with Crippen LogP contribution in [0.5, 0.6) is 0 Å². The van der Waals surface area contributed by atoms with E-state index in [2.05, 4.69) is 10.3 Å². The summed E-state index contributed by atoms with van der Waals surface area (Å²) in [6.07, 6.45) is 0.680. The number of thiazole rings is 1. The van der Waals surface area contributed by atoms with Crippen LogP contribution < -0.4 is 5.32 Å². The monoisotopic (exact) mass is 436 g/mol. The number of hydrogen-bond donors (Lipinski definition) is 1. The standard InChI is InChI=1S/C20H18Cl2N2OS2/c1-12-4-3-5-16(8-12)24-19(25)11-26-20-23-13(2)18(27-20)10-14-9-15(21)6-7-17(14)22/h3-9H,10-11H2,1-2H3,(H,24,25). The van der Waals surface area contributed by atoms with E-state index in [1.807, 2.05) is 44.2 Å². The number of anilines is 1. The molecule has 0 atom stereocenters. The van der Waals surface area contributed by atoms with Gasteiger partial charge in [-0.2, -0.15) is 0 Å². The molecule has 0 fully saturated rings. The van der Waals surface area contributed by atoms with Gasteiger partial charge in [-0.15, -0.1) is 11.3 Å². The van der Waals surface area contributed by atoms with E-state index in [-0.39, 0.29) is 5.91 Å². The maximum absolute atomic E-state index is 12.2. The number of aromatic nitrogens is 1. The Balaban J connectivity index is 1.61. The fraction of sp³-hybridized carbons (Fsp3) is 0.200. The minimum Gasteiger partial charge on any atom is -0.325 e. The number of nitrogens with zero attached hydrogens (tertiary/aromatic N) is 1. The number of carbonyl (C=O) groups excluding carboxylic acids is 1. The van der Waals surface area contributed by atoms with Gasteiger partial charge in [0.05, 0.1) is 11.4 Å².